The highest BCUT2D eigenvalue weighted by atomic mass is 16.3. The van der Waals surface area contributed by atoms with Gasteiger partial charge in [-0.1, -0.05) is 158 Å². The molecule has 0 bridgehead atoms. The summed E-state index contributed by atoms with van der Waals surface area (Å²) in [6.07, 6.45) is 0. The van der Waals surface area contributed by atoms with E-state index < -0.39 is 0 Å². The van der Waals surface area contributed by atoms with Gasteiger partial charge >= 0.3 is 0 Å². The molecule has 0 atom stereocenters. The van der Waals surface area contributed by atoms with E-state index in [1.54, 1.807) is 0 Å². The van der Waals surface area contributed by atoms with Crippen molar-refractivity contribution in [2.24, 2.45) is 0 Å². The van der Waals surface area contributed by atoms with E-state index in [0.29, 0.717) is 17.5 Å². The van der Waals surface area contributed by atoms with E-state index in [-0.39, 0.29) is 0 Å². The molecule has 0 aliphatic carbocycles. The lowest BCUT2D eigenvalue weighted by atomic mass is 9.94. The van der Waals surface area contributed by atoms with Crippen molar-refractivity contribution in [3.63, 3.8) is 0 Å². The van der Waals surface area contributed by atoms with Crippen LogP contribution in [0.25, 0.3) is 106 Å². The Morgan fingerprint density at radius 2 is 0.857 bits per heavy atom. The molecule has 0 N–H and O–H groups in total. The minimum atomic E-state index is 0.612. The fourth-order valence-electron chi connectivity index (χ4n) is 8.16. The topological polar surface area (TPSA) is 56.7 Å². The number of aromatic nitrogens is 4. The fraction of sp³-hybridized carbons (Fsp3) is 0. The van der Waals surface area contributed by atoms with Gasteiger partial charge in [0.2, 0.25) is 0 Å². The standard InChI is InChI=1S/C51H32N4O/c1-4-16-33(17-5-1)49-52-50(34-18-6-2-7-19-34)54-51(53-49)36-21-12-20-35(32-36)38-25-13-28-42-47-40(27-15-31-45(47)56-48(38)42)39-26-14-30-44-46(39)41-24-10-11-29-43(41)55(44)37-22-8-3-9-23-37/h1-32H. The Labute approximate surface area is 322 Å². The molecule has 11 rings (SSSR count). The van der Waals surface area contributed by atoms with Crippen molar-refractivity contribution in [2.45, 2.75) is 0 Å². The van der Waals surface area contributed by atoms with E-state index >= 15 is 0 Å². The first-order valence-corrected chi connectivity index (χ1v) is 18.8. The molecule has 0 saturated heterocycles. The summed E-state index contributed by atoms with van der Waals surface area (Å²) >= 11 is 0. The van der Waals surface area contributed by atoms with Gasteiger partial charge in [0.25, 0.3) is 0 Å². The molecule has 262 valence electrons. The molecular formula is C51H32N4O. The quantitative estimate of drug-likeness (QED) is 0.172. The van der Waals surface area contributed by atoms with Crippen LogP contribution in [-0.2, 0) is 0 Å². The minimum absolute atomic E-state index is 0.612. The monoisotopic (exact) mass is 716 g/mol. The third-order valence-corrected chi connectivity index (χ3v) is 10.7. The number of nitrogens with zero attached hydrogens (tertiary/aromatic N) is 4. The normalized spacial score (nSPS) is 11.6. The number of rotatable bonds is 6. The predicted octanol–water partition coefficient (Wildman–Crippen LogP) is 13.2. The maximum absolute atomic E-state index is 6.83. The second kappa shape index (κ2) is 13.0. The first kappa shape index (κ1) is 31.9. The molecule has 0 radical (unpaired) electrons. The van der Waals surface area contributed by atoms with E-state index in [2.05, 4.69) is 138 Å². The molecule has 5 heteroatoms. The Morgan fingerprint density at radius 3 is 1.59 bits per heavy atom. The number of furan rings is 1. The number of hydrogen-bond donors (Lipinski definition) is 0. The predicted molar refractivity (Wildman–Crippen MR) is 229 cm³/mol. The second-order valence-corrected chi connectivity index (χ2v) is 14.0. The smallest absolute Gasteiger partial charge is 0.164 e. The van der Waals surface area contributed by atoms with Crippen molar-refractivity contribution in [3.05, 3.63) is 194 Å². The van der Waals surface area contributed by atoms with Gasteiger partial charge in [0, 0.05) is 49.5 Å². The van der Waals surface area contributed by atoms with Gasteiger partial charge < -0.3 is 8.98 Å². The van der Waals surface area contributed by atoms with Crippen LogP contribution in [0.1, 0.15) is 0 Å². The highest BCUT2D eigenvalue weighted by molar-refractivity contribution is 6.21. The lowest BCUT2D eigenvalue weighted by Crippen LogP contribution is -2.00. The van der Waals surface area contributed by atoms with Crippen molar-refractivity contribution in [2.75, 3.05) is 0 Å². The van der Waals surface area contributed by atoms with E-state index in [1.807, 2.05) is 60.7 Å². The molecular weight excluding hydrogens is 685 g/mol. The second-order valence-electron chi connectivity index (χ2n) is 14.0. The summed E-state index contributed by atoms with van der Waals surface area (Å²) in [6, 6.07) is 67.3. The summed E-state index contributed by atoms with van der Waals surface area (Å²) < 4.78 is 9.19. The van der Waals surface area contributed by atoms with Crippen LogP contribution in [0, 0.1) is 0 Å². The molecule has 8 aromatic carbocycles. The third-order valence-electron chi connectivity index (χ3n) is 10.7. The third kappa shape index (κ3) is 5.21. The van der Waals surface area contributed by atoms with Gasteiger partial charge in [-0.05, 0) is 53.1 Å². The number of para-hydroxylation sites is 3. The van der Waals surface area contributed by atoms with Gasteiger partial charge in [0.05, 0.1) is 11.0 Å². The maximum atomic E-state index is 6.83. The maximum Gasteiger partial charge on any atom is 0.164 e. The highest BCUT2D eigenvalue weighted by Crippen LogP contribution is 2.45. The summed E-state index contributed by atoms with van der Waals surface area (Å²) in [5, 5.41) is 4.61. The summed E-state index contributed by atoms with van der Waals surface area (Å²) in [7, 11) is 0. The zero-order valence-corrected chi connectivity index (χ0v) is 30.2. The number of fused-ring (bicyclic) bond motifs is 6. The molecule has 0 aliphatic heterocycles. The van der Waals surface area contributed by atoms with Crippen LogP contribution < -0.4 is 0 Å². The molecule has 0 unspecified atom stereocenters. The van der Waals surface area contributed by atoms with Crippen molar-refractivity contribution >= 4 is 43.7 Å². The number of benzene rings is 8. The first-order chi connectivity index (χ1) is 27.8. The summed E-state index contributed by atoms with van der Waals surface area (Å²) in [5.74, 6) is 1.88. The van der Waals surface area contributed by atoms with Gasteiger partial charge in [0.15, 0.2) is 17.5 Å². The molecule has 3 heterocycles. The Kier molecular flexibility index (Phi) is 7.42. The molecule has 56 heavy (non-hydrogen) atoms. The molecule has 0 amide bonds. The lowest BCUT2D eigenvalue weighted by molar-refractivity contribution is 0.670. The average Bonchev–Trinajstić information content (AvgIpc) is 3.84. The van der Waals surface area contributed by atoms with Gasteiger partial charge in [0.1, 0.15) is 11.2 Å². The van der Waals surface area contributed by atoms with Crippen LogP contribution in [0.15, 0.2) is 199 Å². The highest BCUT2D eigenvalue weighted by Gasteiger charge is 2.21. The van der Waals surface area contributed by atoms with Crippen molar-refractivity contribution in [1.29, 1.82) is 0 Å². The Bertz CT molecular complexity index is 3180. The molecule has 0 saturated carbocycles. The van der Waals surface area contributed by atoms with Crippen LogP contribution in [0.5, 0.6) is 0 Å². The van der Waals surface area contributed by atoms with E-state index in [0.717, 1.165) is 61.0 Å². The van der Waals surface area contributed by atoms with Crippen LogP contribution in [0.2, 0.25) is 0 Å². The fourth-order valence-corrected chi connectivity index (χ4v) is 8.16. The summed E-state index contributed by atoms with van der Waals surface area (Å²) in [4.78, 5) is 14.9. The molecule has 0 fully saturated rings. The van der Waals surface area contributed by atoms with Crippen molar-refractivity contribution < 1.29 is 4.42 Å². The zero-order chi connectivity index (χ0) is 37.0. The van der Waals surface area contributed by atoms with Crippen LogP contribution in [0.3, 0.4) is 0 Å². The molecule has 0 aliphatic rings. The molecule has 3 aromatic heterocycles. The molecule has 5 nitrogen and oxygen atoms in total. The van der Waals surface area contributed by atoms with Crippen LogP contribution in [0.4, 0.5) is 0 Å². The van der Waals surface area contributed by atoms with Gasteiger partial charge in [-0.3, -0.25) is 0 Å². The molecule has 0 spiro atoms. The average molecular weight is 717 g/mol. The van der Waals surface area contributed by atoms with E-state index in [4.69, 9.17) is 19.4 Å². The summed E-state index contributed by atoms with van der Waals surface area (Å²) in [6.45, 7) is 0. The van der Waals surface area contributed by atoms with Gasteiger partial charge in [-0.25, -0.2) is 15.0 Å². The Morgan fingerprint density at radius 1 is 0.357 bits per heavy atom. The summed E-state index contributed by atoms with van der Waals surface area (Å²) in [5.41, 5.74) is 12.3. The van der Waals surface area contributed by atoms with Crippen molar-refractivity contribution in [3.8, 4) is 62.1 Å². The number of hydrogen-bond acceptors (Lipinski definition) is 4. The van der Waals surface area contributed by atoms with Crippen LogP contribution >= 0.6 is 0 Å². The van der Waals surface area contributed by atoms with E-state index in [1.165, 1.54) is 27.4 Å². The zero-order valence-electron chi connectivity index (χ0n) is 30.2. The van der Waals surface area contributed by atoms with Gasteiger partial charge in [-0.15, -0.1) is 0 Å². The minimum Gasteiger partial charge on any atom is -0.455 e. The SMILES string of the molecule is c1ccc(-c2nc(-c3ccccc3)nc(-c3cccc(-c4cccc5c4oc4cccc(-c6cccc7c6c6ccccc6n7-c6ccccc6)c45)c3)n2)cc1. The lowest BCUT2D eigenvalue weighted by Gasteiger charge is -2.10. The van der Waals surface area contributed by atoms with Crippen molar-refractivity contribution in [1.82, 2.24) is 19.5 Å². The Balaban J connectivity index is 1.08. The Hall–Kier alpha value is -7.63. The van der Waals surface area contributed by atoms with Gasteiger partial charge in [-0.2, -0.15) is 0 Å². The first-order valence-electron chi connectivity index (χ1n) is 18.8. The molecule has 11 aromatic rings. The van der Waals surface area contributed by atoms with Crippen LogP contribution in [-0.4, -0.2) is 19.5 Å². The van der Waals surface area contributed by atoms with E-state index in [9.17, 15) is 0 Å². The largest absolute Gasteiger partial charge is 0.455 e.